The molecule has 2 fully saturated rings. The van der Waals surface area contributed by atoms with Crippen molar-refractivity contribution >= 4 is 17.5 Å². The lowest BCUT2D eigenvalue weighted by atomic mass is 10.2. The molecule has 2 heterocycles. The molecule has 124 valence electrons. The molecule has 2 N–H and O–H groups in total. The van der Waals surface area contributed by atoms with Crippen LogP contribution >= 0.6 is 0 Å². The maximum Gasteiger partial charge on any atom is 0.251 e. The van der Waals surface area contributed by atoms with Gasteiger partial charge in [0, 0.05) is 19.6 Å². The van der Waals surface area contributed by atoms with E-state index >= 15 is 0 Å². The van der Waals surface area contributed by atoms with E-state index in [0.29, 0.717) is 26.1 Å². The van der Waals surface area contributed by atoms with E-state index in [1.807, 2.05) is 0 Å². The van der Waals surface area contributed by atoms with Crippen LogP contribution < -0.4 is 15.5 Å². The van der Waals surface area contributed by atoms with Gasteiger partial charge in [-0.3, -0.25) is 9.59 Å². The largest absolute Gasteiger partial charge is 0.366 e. The van der Waals surface area contributed by atoms with Gasteiger partial charge in [-0.2, -0.15) is 0 Å². The van der Waals surface area contributed by atoms with Crippen LogP contribution in [0.2, 0.25) is 0 Å². The Morgan fingerprint density at radius 1 is 1.35 bits per heavy atom. The predicted molar refractivity (Wildman–Crippen MR) is 77.9 cm³/mol. The monoisotopic (exact) mass is 325 g/mol. The van der Waals surface area contributed by atoms with Crippen LogP contribution in [0.25, 0.3) is 0 Å². The lowest BCUT2D eigenvalue weighted by Crippen LogP contribution is -2.52. The van der Waals surface area contributed by atoms with E-state index in [-0.39, 0.29) is 12.2 Å². The highest BCUT2D eigenvalue weighted by atomic mass is 19.1. The molecule has 1 aromatic rings. The molecular weight excluding hydrogens is 308 g/mol. The second kappa shape index (κ2) is 6.59. The van der Waals surface area contributed by atoms with Crippen LogP contribution in [0.5, 0.6) is 0 Å². The molecule has 0 radical (unpaired) electrons. The first-order valence-electron chi connectivity index (χ1n) is 7.46. The van der Waals surface area contributed by atoms with Crippen LogP contribution in [0.1, 0.15) is 6.42 Å². The summed E-state index contributed by atoms with van der Waals surface area (Å²) < 4.78 is 32.9. The molecule has 8 heteroatoms. The van der Waals surface area contributed by atoms with Gasteiger partial charge in [0.1, 0.15) is 29.5 Å². The van der Waals surface area contributed by atoms with E-state index < -0.39 is 35.6 Å². The quantitative estimate of drug-likeness (QED) is 0.831. The van der Waals surface area contributed by atoms with E-state index in [0.717, 1.165) is 17.0 Å². The van der Waals surface area contributed by atoms with Gasteiger partial charge in [-0.05, 0) is 18.6 Å². The Kier molecular flexibility index (Phi) is 4.53. The lowest BCUT2D eigenvalue weighted by molar-refractivity contribution is -0.136. The van der Waals surface area contributed by atoms with E-state index in [1.165, 1.54) is 6.07 Å². The summed E-state index contributed by atoms with van der Waals surface area (Å²) in [4.78, 5) is 25.5. The molecule has 2 aliphatic heterocycles. The van der Waals surface area contributed by atoms with Crippen LogP contribution in [0, 0.1) is 11.6 Å². The van der Waals surface area contributed by atoms with Crippen molar-refractivity contribution in [2.45, 2.75) is 18.6 Å². The standard InChI is InChI=1S/C15H17F2N3O3/c16-9-2-1-3-10(17)13(9)20-6-4-11(15(20)22)19-14(21)12-8-18-5-7-23-12/h1-3,11-12,18H,4-8H2,(H,19,21). The third-order valence-electron chi connectivity index (χ3n) is 3.95. The van der Waals surface area contributed by atoms with Crippen LogP contribution in [0.3, 0.4) is 0 Å². The third-order valence-corrected chi connectivity index (χ3v) is 3.95. The number of halogens is 2. The van der Waals surface area contributed by atoms with Crippen LogP contribution in [-0.4, -0.2) is 50.2 Å². The Labute approximate surface area is 131 Å². The number of carbonyl (C=O) groups excluding carboxylic acids is 2. The highest BCUT2D eigenvalue weighted by Crippen LogP contribution is 2.27. The maximum absolute atomic E-state index is 13.8. The normalized spacial score (nSPS) is 24.8. The first kappa shape index (κ1) is 15.8. The van der Waals surface area contributed by atoms with Crippen LogP contribution in [-0.2, 0) is 14.3 Å². The Balaban J connectivity index is 1.68. The van der Waals surface area contributed by atoms with E-state index in [4.69, 9.17) is 4.74 Å². The lowest BCUT2D eigenvalue weighted by Gasteiger charge is -2.24. The Bertz CT molecular complexity index is 600. The summed E-state index contributed by atoms with van der Waals surface area (Å²) >= 11 is 0. The van der Waals surface area contributed by atoms with E-state index in [9.17, 15) is 18.4 Å². The molecule has 2 unspecified atom stereocenters. The third kappa shape index (κ3) is 3.18. The number of carbonyl (C=O) groups is 2. The smallest absolute Gasteiger partial charge is 0.251 e. The second-order valence-corrected chi connectivity index (χ2v) is 5.47. The van der Waals surface area contributed by atoms with Gasteiger partial charge in [-0.25, -0.2) is 8.78 Å². The number of ether oxygens (including phenoxy) is 1. The highest BCUT2D eigenvalue weighted by Gasteiger charge is 2.37. The fourth-order valence-electron chi connectivity index (χ4n) is 2.78. The molecule has 2 aliphatic rings. The minimum Gasteiger partial charge on any atom is -0.366 e. The van der Waals surface area contributed by atoms with Crippen molar-refractivity contribution in [3.63, 3.8) is 0 Å². The van der Waals surface area contributed by atoms with Crippen molar-refractivity contribution in [2.75, 3.05) is 31.1 Å². The van der Waals surface area contributed by atoms with E-state index in [1.54, 1.807) is 0 Å². The van der Waals surface area contributed by atoms with Gasteiger partial charge < -0.3 is 20.3 Å². The number of para-hydroxylation sites is 1. The van der Waals surface area contributed by atoms with Gasteiger partial charge in [-0.15, -0.1) is 0 Å². The summed E-state index contributed by atoms with van der Waals surface area (Å²) in [6, 6.07) is 2.63. The maximum atomic E-state index is 13.8. The summed E-state index contributed by atoms with van der Waals surface area (Å²) in [6.07, 6.45) is -0.366. The number of morpholine rings is 1. The number of hydrogen-bond donors (Lipinski definition) is 2. The zero-order valence-electron chi connectivity index (χ0n) is 12.4. The minimum absolute atomic E-state index is 0.144. The molecule has 0 bridgehead atoms. The van der Waals surface area contributed by atoms with Crippen molar-refractivity contribution in [3.05, 3.63) is 29.8 Å². The Morgan fingerprint density at radius 3 is 2.74 bits per heavy atom. The number of anilines is 1. The molecule has 2 atom stereocenters. The van der Waals surface area contributed by atoms with E-state index in [2.05, 4.69) is 10.6 Å². The predicted octanol–water partition coefficient (Wildman–Crippen LogP) is 0.175. The van der Waals surface area contributed by atoms with Crippen molar-refractivity contribution in [1.29, 1.82) is 0 Å². The van der Waals surface area contributed by atoms with Gasteiger partial charge in [-0.1, -0.05) is 6.07 Å². The molecule has 2 amide bonds. The topological polar surface area (TPSA) is 70.7 Å². The molecule has 0 aromatic heterocycles. The molecule has 6 nitrogen and oxygen atoms in total. The molecule has 2 saturated heterocycles. The number of nitrogens with one attached hydrogen (secondary N) is 2. The van der Waals surface area contributed by atoms with Gasteiger partial charge in [0.05, 0.1) is 6.61 Å². The van der Waals surface area contributed by atoms with Crippen molar-refractivity contribution in [3.8, 4) is 0 Å². The van der Waals surface area contributed by atoms with Crippen molar-refractivity contribution in [1.82, 2.24) is 10.6 Å². The molecule has 23 heavy (non-hydrogen) atoms. The average molecular weight is 325 g/mol. The number of rotatable bonds is 3. The highest BCUT2D eigenvalue weighted by molar-refractivity contribution is 6.01. The SMILES string of the molecule is O=C(NC1CCN(c2c(F)cccc2F)C1=O)C1CNCCO1. The molecule has 0 spiro atoms. The first-order chi connectivity index (χ1) is 11.1. The van der Waals surface area contributed by atoms with Gasteiger partial charge >= 0.3 is 0 Å². The molecule has 0 saturated carbocycles. The van der Waals surface area contributed by atoms with Gasteiger partial charge in [0.25, 0.3) is 5.91 Å². The molecular formula is C15H17F2N3O3. The first-order valence-corrected chi connectivity index (χ1v) is 7.46. The zero-order valence-corrected chi connectivity index (χ0v) is 12.4. The summed E-state index contributed by atoms with van der Waals surface area (Å²) in [5, 5.41) is 5.62. The summed E-state index contributed by atoms with van der Waals surface area (Å²) in [6.45, 7) is 1.61. The molecule has 0 aliphatic carbocycles. The number of nitrogens with zero attached hydrogens (tertiary/aromatic N) is 1. The molecule has 3 rings (SSSR count). The summed E-state index contributed by atoms with van der Waals surface area (Å²) in [7, 11) is 0. The Hall–Kier alpha value is -2.06. The van der Waals surface area contributed by atoms with Crippen molar-refractivity contribution in [2.24, 2.45) is 0 Å². The average Bonchev–Trinajstić information content (AvgIpc) is 2.89. The van der Waals surface area contributed by atoms with Gasteiger partial charge in [0.15, 0.2) is 0 Å². The number of benzene rings is 1. The van der Waals surface area contributed by atoms with Crippen LogP contribution in [0.15, 0.2) is 18.2 Å². The minimum atomic E-state index is -0.801. The Morgan fingerprint density at radius 2 is 2.09 bits per heavy atom. The summed E-state index contributed by atoms with van der Waals surface area (Å²) in [5.41, 5.74) is -0.371. The fourth-order valence-corrected chi connectivity index (χ4v) is 2.78. The zero-order chi connectivity index (χ0) is 16.4. The van der Waals surface area contributed by atoms with Crippen molar-refractivity contribution < 1.29 is 23.1 Å². The summed E-state index contributed by atoms with van der Waals surface area (Å²) in [5.74, 6) is -2.52. The number of hydrogen-bond acceptors (Lipinski definition) is 4. The van der Waals surface area contributed by atoms with Crippen LogP contribution in [0.4, 0.5) is 14.5 Å². The second-order valence-electron chi connectivity index (χ2n) is 5.47. The number of amides is 2. The molecule has 1 aromatic carbocycles. The van der Waals surface area contributed by atoms with Gasteiger partial charge in [0.2, 0.25) is 5.91 Å². The fraction of sp³-hybridized carbons (Fsp3) is 0.467.